The van der Waals surface area contributed by atoms with Crippen LogP contribution < -0.4 is 5.73 Å². The molecule has 2 atom stereocenters. The monoisotopic (exact) mass is 215 g/mol. The van der Waals surface area contributed by atoms with Gasteiger partial charge in [-0.25, -0.2) is 0 Å². The maximum absolute atomic E-state index is 11.3. The molecule has 0 saturated carbocycles. The molecule has 4 nitrogen and oxygen atoms in total. The lowest BCUT2D eigenvalue weighted by atomic mass is 10.1. The predicted octanol–water partition coefficient (Wildman–Crippen LogP) is 1.08. The first-order chi connectivity index (χ1) is 7.18. The van der Waals surface area contributed by atoms with Gasteiger partial charge in [0.25, 0.3) is 0 Å². The molecule has 0 amide bonds. The van der Waals surface area contributed by atoms with Crippen LogP contribution in [0.2, 0.25) is 0 Å². The molecule has 1 heterocycles. The second kappa shape index (κ2) is 6.80. The molecule has 1 saturated heterocycles. The Morgan fingerprint density at radius 3 is 3.07 bits per heavy atom. The van der Waals surface area contributed by atoms with Crippen molar-refractivity contribution in [3.8, 4) is 0 Å². The Morgan fingerprint density at radius 1 is 1.67 bits per heavy atom. The Labute approximate surface area is 91.1 Å². The Hall–Kier alpha value is -0.610. The minimum absolute atomic E-state index is 0.109. The normalized spacial score (nSPS) is 22.7. The lowest BCUT2D eigenvalue weighted by molar-refractivity contribution is -0.145. The van der Waals surface area contributed by atoms with E-state index in [4.69, 9.17) is 15.2 Å². The molecule has 0 aliphatic carbocycles. The molecule has 0 aromatic rings. The van der Waals surface area contributed by atoms with Crippen LogP contribution >= 0.6 is 0 Å². The Kier molecular flexibility index (Phi) is 5.65. The van der Waals surface area contributed by atoms with Gasteiger partial charge in [-0.05, 0) is 26.2 Å². The van der Waals surface area contributed by atoms with Crippen LogP contribution in [-0.4, -0.2) is 31.8 Å². The summed E-state index contributed by atoms with van der Waals surface area (Å²) < 4.78 is 10.3. The fourth-order valence-corrected chi connectivity index (χ4v) is 1.57. The predicted molar refractivity (Wildman–Crippen MR) is 57.4 cm³/mol. The van der Waals surface area contributed by atoms with Crippen molar-refractivity contribution in [1.82, 2.24) is 0 Å². The maximum atomic E-state index is 11.3. The van der Waals surface area contributed by atoms with Crippen LogP contribution in [0.4, 0.5) is 0 Å². The van der Waals surface area contributed by atoms with Gasteiger partial charge in [-0.1, -0.05) is 0 Å². The molecule has 15 heavy (non-hydrogen) atoms. The highest BCUT2D eigenvalue weighted by molar-refractivity contribution is 5.69. The molecule has 0 spiro atoms. The molecule has 4 heteroatoms. The van der Waals surface area contributed by atoms with Gasteiger partial charge < -0.3 is 15.2 Å². The summed E-state index contributed by atoms with van der Waals surface area (Å²) in [4.78, 5) is 11.3. The summed E-state index contributed by atoms with van der Waals surface area (Å²) in [5.41, 5.74) is 5.58. The molecule has 0 aromatic heterocycles. The first-order valence-electron chi connectivity index (χ1n) is 5.67. The van der Waals surface area contributed by atoms with Crippen LogP contribution in [-0.2, 0) is 14.3 Å². The van der Waals surface area contributed by atoms with Crippen LogP contribution in [0.25, 0.3) is 0 Å². The molecule has 0 aromatic carbocycles. The lowest BCUT2D eigenvalue weighted by Crippen LogP contribution is -2.17. The van der Waals surface area contributed by atoms with Gasteiger partial charge in [0.05, 0.1) is 13.2 Å². The van der Waals surface area contributed by atoms with Crippen LogP contribution in [0.1, 0.15) is 32.6 Å². The van der Waals surface area contributed by atoms with E-state index in [0.717, 1.165) is 32.5 Å². The van der Waals surface area contributed by atoms with Crippen molar-refractivity contribution in [2.24, 2.45) is 11.7 Å². The molecular weight excluding hydrogens is 194 g/mol. The number of rotatable bonds is 6. The first kappa shape index (κ1) is 12.5. The quantitative estimate of drug-likeness (QED) is 0.674. The summed E-state index contributed by atoms with van der Waals surface area (Å²) in [7, 11) is 0. The van der Waals surface area contributed by atoms with E-state index in [1.165, 1.54) is 0 Å². The molecule has 1 aliphatic heterocycles. The summed E-state index contributed by atoms with van der Waals surface area (Å²) >= 11 is 0. The Morgan fingerprint density at radius 2 is 2.47 bits per heavy atom. The summed E-state index contributed by atoms with van der Waals surface area (Å²) in [6.07, 6.45) is 3.18. The van der Waals surface area contributed by atoms with Gasteiger partial charge >= 0.3 is 5.97 Å². The van der Waals surface area contributed by atoms with Gasteiger partial charge in [0.2, 0.25) is 0 Å². The third-order valence-electron chi connectivity index (χ3n) is 2.54. The highest BCUT2D eigenvalue weighted by atomic mass is 16.5. The van der Waals surface area contributed by atoms with Crippen molar-refractivity contribution in [1.29, 1.82) is 0 Å². The summed E-state index contributed by atoms with van der Waals surface area (Å²) in [5.74, 6) is 0.296. The Balaban J connectivity index is 1.98. The molecule has 0 radical (unpaired) electrons. The number of hydrogen-bond acceptors (Lipinski definition) is 4. The molecule has 1 aliphatic rings. The lowest BCUT2D eigenvalue weighted by Gasteiger charge is -2.09. The van der Waals surface area contributed by atoms with Gasteiger partial charge in [0.1, 0.15) is 0 Å². The van der Waals surface area contributed by atoms with Crippen molar-refractivity contribution in [2.45, 2.75) is 38.6 Å². The maximum Gasteiger partial charge on any atom is 0.305 e. The highest BCUT2D eigenvalue weighted by Crippen LogP contribution is 2.12. The van der Waals surface area contributed by atoms with Crippen molar-refractivity contribution in [3.63, 3.8) is 0 Å². The smallest absolute Gasteiger partial charge is 0.305 e. The number of carbonyl (C=O) groups excluding carboxylic acids is 1. The zero-order chi connectivity index (χ0) is 11.1. The third kappa shape index (κ3) is 5.74. The number of nitrogens with two attached hydrogens (primary N) is 1. The SMILES string of the molecule is CC(N)CCCC(=O)OCC1CCOC1. The topological polar surface area (TPSA) is 61.6 Å². The van der Waals surface area contributed by atoms with E-state index in [1.54, 1.807) is 0 Å². The van der Waals surface area contributed by atoms with Crippen molar-refractivity contribution < 1.29 is 14.3 Å². The Bertz CT molecular complexity index is 188. The largest absolute Gasteiger partial charge is 0.465 e. The standard InChI is InChI=1S/C11H21NO3/c1-9(12)3-2-4-11(13)15-8-10-5-6-14-7-10/h9-10H,2-8,12H2,1H3. The molecular formula is C11H21NO3. The zero-order valence-corrected chi connectivity index (χ0v) is 9.41. The molecule has 0 bridgehead atoms. The highest BCUT2D eigenvalue weighted by Gasteiger charge is 2.17. The fourth-order valence-electron chi connectivity index (χ4n) is 1.57. The molecule has 2 N–H and O–H groups in total. The summed E-state index contributed by atoms with van der Waals surface area (Å²) in [6, 6.07) is 0.168. The molecule has 88 valence electrons. The average Bonchev–Trinajstić information content (AvgIpc) is 2.66. The number of hydrogen-bond donors (Lipinski definition) is 1. The van der Waals surface area contributed by atoms with Gasteiger partial charge in [0.15, 0.2) is 0 Å². The molecule has 1 rings (SSSR count). The van der Waals surface area contributed by atoms with Crippen LogP contribution in [0.3, 0.4) is 0 Å². The van der Waals surface area contributed by atoms with E-state index in [2.05, 4.69) is 0 Å². The van der Waals surface area contributed by atoms with Gasteiger partial charge in [-0.2, -0.15) is 0 Å². The van der Waals surface area contributed by atoms with Crippen molar-refractivity contribution >= 4 is 5.97 Å². The number of carbonyl (C=O) groups is 1. The van der Waals surface area contributed by atoms with E-state index < -0.39 is 0 Å². The minimum Gasteiger partial charge on any atom is -0.465 e. The van der Waals surface area contributed by atoms with Crippen LogP contribution in [0.15, 0.2) is 0 Å². The van der Waals surface area contributed by atoms with Crippen molar-refractivity contribution in [2.75, 3.05) is 19.8 Å². The second-order valence-electron chi connectivity index (χ2n) is 4.28. The minimum atomic E-state index is -0.109. The number of ether oxygens (including phenoxy) is 2. The zero-order valence-electron chi connectivity index (χ0n) is 9.41. The van der Waals surface area contributed by atoms with Crippen LogP contribution in [0.5, 0.6) is 0 Å². The van der Waals surface area contributed by atoms with Crippen LogP contribution in [0, 0.1) is 5.92 Å². The van der Waals surface area contributed by atoms with Crippen molar-refractivity contribution in [3.05, 3.63) is 0 Å². The van der Waals surface area contributed by atoms with Gasteiger partial charge in [0, 0.05) is 25.0 Å². The van der Waals surface area contributed by atoms with E-state index in [9.17, 15) is 4.79 Å². The molecule has 1 fully saturated rings. The summed E-state index contributed by atoms with van der Waals surface area (Å²) in [6.45, 7) is 3.98. The second-order valence-corrected chi connectivity index (χ2v) is 4.28. The fraction of sp³-hybridized carbons (Fsp3) is 0.909. The van der Waals surface area contributed by atoms with E-state index in [0.29, 0.717) is 18.9 Å². The summed E-state index contributed by atoms with van der Waals surface area (Å²) in [5, 5.41) is 0. The molecule has 2 unspecified atom stereocenters. The van der Waals surface area contributed by atoms with E-state index in [-0.39, 0.29) is 12.0 Å². The van der Waals surface area contributed by atoms with E-state index >= 15 is 0 Å². The third-order valence-corrected chi connectivity index (χ3v) is 2.54. The van der Waals surface area contributed by atoms with Gasteiger partial charge in [-0.3, -0.25) is 4.79 Å². The van der Waals surface area contributed by atoms with E-state index in [1.807, 2.05) is 6.92 Å². The number of esters is 1. The van der Waals surface area contributed by atoms with Gasteiger partial charge in [-0.15, -0.1) is 0 Å². The first-order valence-corrected chi connectivity index (χ1v) is 5.67. The average molecular weight is 215 g/mol.